The van der Waals surface area contributed by atoms with Gasteiger partial charge in [0.15, 0.2) is 11.5 Å². The average Bonchev–Trinajstić information content (AvgIpc) is 3.65. The van der Waals surface area contributed by atoms with Crippen molar-refractivity contribution < 1.29 is 27.3 Å². The number of nitrogens with zero attached hydrogens (tertiary/aromatic N) is 4. The summed E-state index contributed by atoms with van der Waals surface area (Å²) < 4.78 is 47.1. The van der Waals surface area contributed by atoms with Crippen LogP contribution in [0.3, 0.4) is 0 Å². The minimum Gasteiger partial charge on any atom is -0.352 e. The van der Waals surface area contributed by atoms with E-state index in [4.69, 9.17) is 4.52 Å². The van der Waals surface area contributed by atoms with Gasteiger partial charge in [-0.05, 0) is 56.4 Å². The number of halogens is 3. The highest BCUT2D eigenvalue weighted by atomic mass is 19.4. The summed E-state index contributed by atoms with van der Waals surface area (Å²) in [6.07, 6.45) is -0.179. The number of carbonyl (C=O) groups is 2. The third-order valence-electron chi connectivity index (χ3n) is 7.14. The van der Waals surface area contributed by atoms with Crippen LogP contribution in [0.15, 0.2) is 71.4 Å². The Kier molecular flexibility index (Phi) is 8.09. The second-order valence-corrected chi connectivity index (χ2v) is 9.87. The SMILES string of the molecule is O=C(NCCCC(=O)C1CCC(c2noc(-c3ccccc3)n2)CC1)c1cn(-c2ccccc2)nc1C(F)(F)F. The van der Waals surface area contributed by atoms with Crippen LogP contribution in [0.5, 0.6) is 0 Å². The Balaban J connectivity index is 1.09. The first kappa shape index (κ1) is 27.3. The Labute approximate surface area is 228 Å². The minimum atomic E-state index is -4.79. The normalized spacial score (nSPS) is 17.5. The number of alkyl halides is 3. The van der Waals surface area contributed by atoms with Gasteiger partial charge in [0.1, 0.15) is 5.78 Å². The number of benzene rings is 2. The highest BCUT2D eigenvalue weighted by Crippen LogP contribution is 2.36. The van der Waals surface area contributed by atoms with Gasteiger partial charge in [0.05, 0.1) is 11.3 Å². The number of amides is 1. The zero-order valence-corrected chi connectivity index (χ0v) is 21.6. The van der Waals surface area contributed by atoms with Crippen molar-refractivity contribution in [2.75, 3.05) is 6.54 Å². The van der Waals surface area contributed by atoms with Crippen molar-refractivity contribution in [1.29, 1.82) is 0 Å². The smallest absolute Gasteiger partial charge is 0.352 e. The van der Waals surface area contributed by atoms with E-state index in [1.54, 1.807) is 30.3 Å². The maximum absolute atomic E-state index is 13.5. The molecular formula is C29H28F3N5O3. The van der Waals surface area contributed by atoms with E-state index in [1.165, 1.54) is 0 Å². The van der Waals surface area contributed by atoms with Gasteiger partial charge in [0, 0.05) is 36.6 Å². The number of Topliss-reactive ketones (excluding diaryl/α,β-unsaturated/α-hetero) is 1. The van der Waals surface area contributed by atoms with E-state index in [-0.39, 0.29) is 30.6 Å². The van der Waals surface area contributed by atoms with Crippen molar-refractivity contribution >= 4 is 11.7 Å². The third-order valence-corrected chi connectivity index (χ3v) is 7.14. The maximum Gasteiger partial charge on any atom is 0.435 e. The van der Waals surface area contributed by atoms with Crippen LogP contribution in [0.4, 0.5) is 13.2 Å². The summed E-state index contributed by atoms with van der Waals surface area (Å²) >= 11 is 0. The molecule has 0 spiro atoms. The number of para-hydroxylation sites is 1. The van der Waals surface area contributed by atoms with Crippen LogP contribution in [0.1, 0.15) is 66.3 Å². The third kappa shape index (κ3) is 6.30. The number of aromatic nitrogens is 4. The Morgan fingerprint density at radius 3 is 2.33 bits per heavy atom. The van der Waals surface area contributed by atoms with Gasteiger partial charge < -0.3 is 9.84 Å². The fourth-order valence-electron chi connectivity index (χ4n) is 5.00. The summed E-state index contributed by atoms with van der Waals surface area (Å²) in [5, 5.41) is 10.2. The van der Waals surface area contributed by atoms with Crippen molar-refractivity contribution in [1.82, 2.24) is 25.2 Å². The van der Waals surface area contributed by atoms with E-state index in [2.05, 4.69) is 20.6 Å². The summed E-state index contributed by atoms with van der Waals surface area (Å²) in [6.45, 7) is 0.0822. The molecule has 1 saturated carbocycles. The lowest BCUT2D eigenvalue weighted by atomic mass is 9.79. The number of hydrogen-bond acceptors (Lipinski definition) is 6. The molecule has 8 nitrogen and oxygen atoms in total. The van der Waals surface area contributed by atoms with E-state index < -0.39 is 23.3 Å². The van der Waals surface area contributed by atoms with Crippen LogP contribution in [0.25, 0.3) is 17.1 Å². The molecule has 1 aliphatic carbocycles. The van der Waals surface area contributed by atoms with Gasteiger partial charge >= 0.3 is 6.18 Å². The number of rotatable bonds is 9. The number of carbonyl (C=O) groups excluding carboxylic acids is 2. The molecule has 4 aromatic rings. The van der Waals surface area contributed by atoms with Crippen molar-refractivity contribution in [2.45, 2.75) is 50.6 Å². The molecule has 2 aromatic carbocycles. The average molecular weight is 552 g/mol. The van der Waals surface area contributed by atoms with Gasteiger partial charge in [0.2, 0.25) is 0 Å². The second kappa shape index (κ2) is 11.8. The van der Waals surface area contributed by atoms with Crippen LogP contribution in [-0.4, -0.2) is 38.2 Å². The summed E-state index contributed by atoms with van der Waals surface area (Å²) in [5.74, 6) is 0.389. The summed E-state index contributed by atoms with van der Waals surface area (Å²) in [5.41, 5.74) is -0.544. The molecule has 0 radical (unpaired) electrons. The Hall–Kier alpha value is -4.28. The summed E-state index contributed by atoms with van der Waals surface area (Å²) in [7, 11) is 0. The van der Waals surface area contributed by atoms with Crippen molar-refractivity contribution in [3.05, 3.63) is 83.9 Å². The molecular weight excluding hydrogens is 523 g/mol. The van der Waals surface area contributed by atoms with Crippen LogP contribution >= 0.6 is 0 Å². The molecule has 1 amide bonds. The topological polar surface area (TPSA) is 103 Å². The van der Waals surface area contributed by atoms with Gasteiger partial charge in [-0.25, -0.2) is 4.68 Å². The molecule has 0 unspecified atom stereocenters. The molecule has 1 fully saturated rings. The highest BCUT2D eigenvalue weighted by molar-refractivity contribution is 5.95. The van der Waals surface area contributed by atoms with E-state index in [0.717, 1.165) is 29.3 Å². The predicted octanol–water partition coefficient (Wildman–Crippen LogP) is 5.99. The van der Waals surface area contributed by atoms with Crippen LogP contribution < -0.4 is 5.32 Å². The quantitative estimate of drug-likeness (QED) is 0.256. The molecule has 40 heavy (non-hydrogen) atoms. The molecule has 1 aliphatic rings. The van der Waals surface area contributed by atoms with Crippen LogP contribution in [-0.2, 0) is 11.0 Å². The van der Waals surface area contributed by atoms with Crippen molar-refractivity contribution in [3.8, 4) is 17.1 Å². The number of nitrogens with one attached hydrogen (secondary N) is 1. The van der Waals surface area contributed by atoms with Gasteiger partial charge in [0.25, 0.3) is 11.8 Å². The largest absolute Gasteiger partial charge is 0.435 e. The highest BCUT2D eigenvalue weighted by Gasteiger charge is 2.39. The van der Waals surface area contributed by atoms with E-state index in [9.17, 15) is 22.8 Å². The molecule has 2 aromatic heterocycles. The zero-order chi connectivity index (χ0) is 28.1. The number of ketones is 1. The summed E-state index contributed by atoms with van der Waals surface area (Å²) in [4.78, 5) is 29.9. The molecule has 2 heterocycles. The molecule has 11 heteroatoms. The Morgan fingerprint density at radius 1 is 0.975 bits per heavy atom. The minimum absolute atomic E-state index is 0.0822. The zero-order valence-electron chi connectivity index (χ0n) is 21.6. The van der Waals surface area contributed by atoms with Crippen molar-refractivity contribution in [2.24, 2.45) is 5.92 Å². The molecule has 1 N–H and O–H groups in total. The molecule has 5 rings (SSSR count). The lowest BCUT2D eigenvalue weighted by Crippen LogP contribution is -2.28. The van der Waals surface area contributed by atoms with E-state index in [0.29, 0.717) is 36.7 Å². The van der Waals surface area contributed by atoms with Crippen LogP contribution in [0.2, 0.25) is 0 Å². The lowest BCUT2D eigenvalue weighted by Gasteiger charge is -2.25. The second-order valence-electron chi connectivity index (χ2n) is 9.87. The summed E-state index contributed by atoms with van der Waals surface area (Å²) in [6, 6.07) is 17.8. The fraction of sp³-hybridized carbons (Fsp3) is 0.345. The first-order chi connectivity index (χ1) is 19.3. The molecule has 0 saturated heterocycles. The van der Waals surface area contributed by atoms with E-state index >= 15 is 0 Å². The molecule has 0 aliphatic heterocycles. The molecule has 208 valence electrons. The first-order valence-electron chi connectivity index (χ1n) is 13.2. The Morgan fingerprint density at radius 2 is 1.65 bits per heavy atom. The van der Waals surface area contributed by atoms with Gasteiger partial charge in [-0.2, -0.15) is 23.3 Å². The Bertz CT molecular complexity index is 1440. The lowest BCUT2D eigenvalue weighted by molar-refractivity contribution is -0.141. The monoisotopic (exact) mass is 551 g/mol. The van der Waals surface area contributed by atoms with Crippen LogP contribution in [0, 0.1) is 5.92 Å². The maximum atomic E-state index is 13.5. The molecule has 0 bridgehead atoms. The van der Waals surface area contributed by atoms with Gasteiger partial charge in [-0.1, -0.05) is 41.6 Å². The standard InChI is InChI=1S/C29H28F3N5O3/c30-29(31,32)25-23(18-37(35-25)22-10-5-2-6-11-22)27(39)33-17-7-12-24(38)19-13-15-20(16-14-19)26-34-28(40-36-26)21-8-3-1-4-9-21/h1-6,8-11,18-20H,7,12-17H2,(H,33,39). The van der Waals surface area contributed by atoms with Gasteiger partial charge in [-0.15, -0.1) is 0 Å². The fourth-order valence-corrected chi connectivity index (χ4v) is 5.00. The predicted molar refractivity (Wildman–Crippen MR) is 140 cm³/mol. The molecule has 0 atom stereocenters. The van der Waals surface area contributed by atoms with Crippen molar-refractivity contribution in [3.63, 3.8) is 0 Å². The van der Waals surface area contributed by atoms with Gasteiger partial charge in [-0.3, -0.25) is 9.59 Å². The first-order valence-corrected chi connectivity index (χ1v) is 13.2. The van der Waals surface area contributed by atoms with E-state index in [1.807, 2.05) is 30.3 Å². The number of hydrogen-bond donors (Lipinski definition) is 1.